The summed E-state index contributed by atoms with van der Waals surface area (Å²) in [7, 11) is 1.58. The molecule has 4 rings (SSSR count). The fourth-order valence-electron chi connectivity index (χ4n) is 3.84. The van der Waals surface area contributed by atoms with E-state index in [9.17, 15) is 4.79 Å². The maximum absolute atomic E-state index is 12.4. The van der Waals surface area contributed by atoms with Crippen molar-refractivity contribution in [2.75, 3.05) is 7.11 Å². The van der Waals surface area contributed by atoms with E-state index in [1.54, 1.807) is 19.2 Å². The predicted octanol–water partition coefficient (Wildman–Crippen LogP) is 2.27. The molecule has 0 amide bonds. The summed E-state index contributed by atoms with van der Waals surface area (Å²) in [6, 6.07) is 8.96. The van der Waals surface area contributed by atoms with Crippen LogP contribution in [0.3, 0.4) is 0 Å². The first kappa shape index (κ1) is 16.0. The Morgan fingerprint density at radius 1 is 1.17 bits per heavy atom. The van der Waals surface area contributed by atoms with Gasteiger partial charge in [0.15, 0.2) is 12.1 Å². The molecule has 0 bridgehead atoms. The molecule has 0 N–H and O–H groups in total. The molecule has 0 radical (unpaired) electrons. The molecule has 130 valence electrons. The van der Waals surface area contributed by atoms with E-state index in [4.69, 9.17) is 23.7 Å². The quantitative estimate of drug-likeness (QED) is 0.790. The van der Waals surface area contributed by atoms with E-state index in [1.807, 2.05) is 32.0 Å². The molecule has 5 atom stereocenters. The Hall–Kier alpha value is -1.47. The molecule has 24 heavy (non-hydrogen) atoms. The molecule has 3 unspecified atom stereocenters. The standard InChI is InChI=1S/C18H22O6/c1-17(2)22-13-14(23-17)18(24-16(13)20-3)10-9-12(18)21-15(19)11-7-5-4-6-8-11/h4-8,12-14,16H,9-10H2,1-3H3/t12-,13?,14?,16?,18-/m0/s1. The van der Waals surface area contributed by atoms with E-state index in [1.165, 1.54) is 0 Å². The van der Waals surface area contributed by atoms with E-state index in [2.05, 4.69) is 0 Å². The van der Waals surface area contributed by atoms with Gasteiger partial charge in [-0.2, -0.15) is 0 Å². The average molecular weight is 334 g/mol. The molecule has 1 aliphatic carbocycles. The molecule has 1 saturated carbocycles. The highest BCUT2D eigenvalue weighted by atomic mass is 16.8. The van der Waals surface area contributed by atoms with E-state index < -0.39 is 17.7 Å². The number of methoxy groups -OCH3 is 1. The zero-order chi connectivity index (χ0) is 16.9. The van der Waals surface area contributed by atoms with Gasteiger partial charge in [-0.1, -0.05) is 18.2 Å². The van der Waals surface area contributed by atoms with Crippen molar-refractivity contribution in [2.45, 2.75) is 62.7 Å². The maximum atomic E-state index is 12.4. The summed E-state index contributed by atoms with van der Waals surface area (Å²) in [5, 5.41) is 0. The van der Waals surface area contributed by atoms with Crippen LogP contribution in [0.15, 0.2) is 30.3 Å². The van der Waals surface area contributed by atoms with Crippen molar-refractivity contribution in [1.82, 2.24) is 0 Å². The molecule has 2 saturated heterocycles. The van der Waals surface area contributed by atoms with E-state index in [0.29, 0.717) is 5.56 Å². The fraction of sp³-hybridized carbons (Fsp3) is 0.611. The Kier molecular flexibility index (Phi) is 3.69. The number of rotatable bonds is 3. The number of hydrogen-bond acceptors (Lipinski definition) is 6. The van der Waals surface area contributed by atoms with Crippen LogP contribution in [-0.4, -0.2) is 49.1 Å². The zero-order valence-corrected chi connectivity index (χ0v) is 14.1. The number of carbonyl (C=O) groups excluding carboxylic acids is 1. The molecule has 6 nitrogen and oxygen atoms in total. The Bertz CT molecular complexity index is 630. The van der Waals surface area contributed by atoms with Crippen molar-refractivity contribution in [1.29, 1.82) is 0 Å². The Balaban J connectivity index is 1.54. The third-order valence-electron chi connectivity index (χ3n) is 5.05. The van der Waals surface area contributed by atoms with Crippen molar-refractivity contribution in [2.24, 2.45) is 0 Å². The summed E-state index contributed by atoms with van der Waals surface area (Å²) >= 11 is 0. The first-order chi connectivity index (χ1) is 11.5. The molecule has 3 fully saturated rings. The molecule has 1 aromatic carbocycles. The summed E-state index contributed by atoms with van der Waals surface area (Å²) in [6.45, 7) is 3.74. The molecule has 6 heteroatoms. The van der Waals surface area contributed by atoms with Crippen LogP contribution in [0.25, 0.3) is 0 Å². The van der Waals surface area contributed by atoms with Gasteiger partial charge in [-0.3, -0.25) is 0 Å². The first-order valence-corrected chi connectivity index (χ1v) is 8.27. The second-order valence-electron chi connectivity index (χ2n) is 7.00. The van der Waals surface area contributed by atoms with Gasteiger partial charge in [0.25, 0.3) is 0 Å². The van der Waals surface area contributed by atoms with Crippen LogP contribution in [0, 0.1) is 0 Å². The second-order valence-corrected chi connectivity index (χ2v) is 7.00. The topological polar surface area (TPSA) is 63.2 Å². The van der Waals surface area contributed by atoms with Gasteiger partial charge in [-0.25, -0.2) is 4.79 Å². The highest BCUT2D eigenvalue weighted by Crippen LogP contribution is 2.54. The summed E-state index contributed by atoms with van der Waals surface area (Å²) in [4.78, 5) is 12.4. The minimum Gasteiger partial charge on any atom is -0.456 e. The Labute approximate surface area is 141 Å². The number of benzene rings is 1. The highest BCUT2D eigenvalue weighted by molar-refractivity contribution is 5.89. The second kappa shape index (κ2) is 5.52. The summed E-state index contributed by atoms with van der Waals surface area (Å²) < 4.78 is 29.2. The lowest BCUT2D eigenvalue weighted by molar-refractivity contribution is -0.288. The number of carbonyl (C=O) groups is 1. The molecular weight excluding hydrogens is 312 g/mol. The Morgan fingerprint density at radius 3 is 2.54 bits per heavy atom. The molecule has 1 spiro atoms. The zero-order valence-electron chi connectivity index (χ0n) is 14.1. The van der Waals surface area contributed by atoms with Crippen LogP contribution in [0.4, 0.5) is 0 Å². The van der Waals surface area contributed by atoms with Crippen LogP contribution >= 0.6 is 0 Å². The van der Waals surface area contributed by atoms with Crippen molar-refractivity contribution in [3.8, 4) is 0 Å². The van der Waals surface area contributed by atoms with Gasteiger partial charge in [0.05, 0.1) is 5.56 Å². The van der Waals surface area contributed by atoms with Gasteiger partial charge in [-0.15, -0.1) is 0 Å². The summed E-state index contributed by atoms with van der Waals surface area (Å²) in [5.74, 6) is -1.05. The van der Waals surface area contributed by atoms with Crippen molar-refractivity contribution >= 4 is 5.97 Å². The van der Waals surface area contributed by atoms with Crippen molar-refractivity contribution in [3.05, 3.63) is 35.9 Å². The van der Waals surface area contributed by atoms with Gasteiger partial charge in [0.2, 0.25) is 0 Å². The van der Waals surface area contributed by atoms with Crippen LogP contribution in [0.2, 0.25) is 0 Å². The number of hydrogen-bond donors (Lipinski definition) is 0. The molecule has 1 aromatic rings. The normalized spacial score (nSPS) is 39.5. The maximum Gasteiger partial charge on any atom is 0.338 e. The Morgan fingerprint density at radius 2 is 1.92 bits per heavy atom. The molecule has 2 heterocycles. The van der Waals surface area contributed by atoms with Gasteiger partial charge < -0.3 is 23.7 Å². The number of fused-ring (bicyclic) bond motifs is 2. The fourth-order valence-corrected chi connectivity index (χ4v) is 3.84. The number of ether oxygens (including phenoxy) is 5. The van der Waals surface area contributed by atoms with Gasteiger partial charge >= 0.3 is 5.97 Å². The third-order valence-corrected chi connectivity index (χ3v) is 5.05. The SMILES string of the molecule is COC1O[C@]2(CC[C@@H]2OC(=O)c2ccccc2)C2OC(C)(C)OC12. The highest BCUT2D eigenvalue weighted by Gasteiger charge is 2.70. The summed E-state index contributed by atoms with van der Waals surface area (Å²) in [5.41, 5.74) is -0.162. The predicted molar refractivity (Wildman–Crippen MR) is 83.3 cm³/mol. The van der Waals surface area contributed by atoms with E-state index in [0.717, 1.165) is 12.8 Å². The lowest BCUT2D eigenvalue weighted by atomic mass is 9.72. The van der Waals surface area contributed by atoms with E-state index in [-0.39, 0.29) is 24.3 Å². The van der Waals surface area contributed by atoms with Gasteiger partial charge in [0.1, 0.15) is 23.9 Å². The van der Waals surface area contributed by atoms with Crippen LogP contribution in [-0.2, 0) is 23.7 Å². The van der Waals surface area contributed by atoms with Crippen LogP contribution in [0.1, 0.15) is 37.0 Å². The average Bonchev–Trinajstić information content (AvgIpc) is 3.04. The van der Waals surface area contributed by atoms with Crippen LogP contribution in [0.5, 0.6) is 0 Å². The smallest absolute Gasteiger partial charge is 0.338 e. The largest absolute Gasteiger partial charge is 0.456 e. The summed E-state index contributed by atoms with van der Waals surface area (Å²) in [6.07, 6.45) is -0.0178. The van der Waals surface area contributed by atoms with Crippen molar-refractivity contribution in [3.63, 3.8) is 0 Å². The molecule has 2 aliphatic heterocycles. The lowest BCUT2D eigenvalue weighted by Gasteiger charge is -2.47. The van der Waals surface area contributed by atoms with Gasteiger partial charge in [-0.05, 0) is 38.8 Å². The lowest BCUT2D eigenvalue weighted by Crippen LogP contribution is -2.61. The minimum absolute atomic E-state index is 0.306. The number of esters is 1. The monoisotopic (exact) mass is 334 g/mol. The van der Waals surface area contributed by atoms with Crippen molar-refractivity contribution < 1.29 is 28.5 Å². The first-order valence-electron chi connectivity index (χ1n) is 8.27. The van der Waals surface area contributed by atoms with Gasteiger partial charge in [0, 0.05) is 7.11 Å². The molecule has 3 aliphatic rings. The third kappa shape index (κ3) is 2.37. The molecular formula is C18H22O6. The molecule has 0 aromatic heterocycles. The van der Waals surface area contributed by atoms with Crippen LogP contribution < -0.4 is 0 Å². The minimum atomic E-state index is -0.702. The van der Waals surface area contributed by atoms with E-state index >= 15 is 0 Å².